The fourth-order valence-electron chi connectivity index (χ4n) is 4.37. The second-order valence-electron chi connectivity index (χ2n) is 7.06. The van der Waals surface area contributed by atoms with Crippen molar-refractivity contribution in [2.24, 2.45) is 11.3 Å². The van der Waals surface area contributed by atoms with Crippen LogP contribution in [-0.2, 0) is 0 Å². The zero-order chi connectivity index (χ0) is 14.4. The molecule has 4 rings (SSSR count). The van der Waals surface area contributed by atoms with Gasteiger partial charge in [0.15, 0.2) is 0 Å². The lowest BCUT2D eigenvalue weighted by molar-refractivity contribution is 0.261. The number of benzene rings is 1. The molecule has 1 aromatic carbocycles. The molecule has 108 valence electrons. The Balaban J connectivity index is 1.74. The molecule has 2 aromatic rings. The van der Waals surface area contributed by atoms with Crippen LogP contribution >= 0.6 is 0 Å². The third-order valence-electron chi connectivity index (χ3n) is 5.10. The molecule has 2 heteroatoms. The van der Waals surface area contributed by atoms with Gasteiger partial charge in [0.25, 0.3) is 0 Å². The van der Waals surface area contributed by atoms with Crippen LogP contribution in [0.5, 0.6) is 0 Å². The number of para-hydroxylation sites is 1. The van der Waals surface area contributed by atoms with Crippen molar-refractivity contribution < 1.29 is 0 Å². The Morgan fingerprint density at radius 1 is 1.29 bits per heavy atom. The maximum absolute atomic E-state index is 4.64. The van der Waals surface area contributed by atoms with Crippen molar-refractivity contribution in [3.05, 3.63) is 48.2 Å². The van der Waals surface area contributed by atoms with E-state index >= 15 is 0 Å². The van der Waals surface area contributed by atoms with Gasteiger partial charge in [-0.05, 0) is 62.5 Å². The Kier molecular flexibility index (Phi) is 2.90. The number of aromatic nitrogens is 1. The monoisotopic (exact) mass is 278 g/mol. The van der Waals surface area contributed by atoms with Crippen LogP contribution in [0.15, 0.2) is 42.6 Å². The van der Waals surface area contributed by atoms with E-state index in [4.69, 9.17) is 0 Å². The van der Waals surface area contributed by atoms with Crippen molar-refractivity contribution in [3.63, 3.8) is 0 Å². The van der Waals surface area contributed by atoms with E-state index in [2.05, 4.69) is 66.6 Å². The minimum Gasteiger partial charge on any atom is -0.309 e. The van der Waals surface area contributed by atoms with Gasteiger partial charge in [-0.3, -0.25) is 4.98 Å². The summed E-state index contributed by atoms with van der Waals surface area (Å²) in [7, 11) is 4.37. The molecule has 1 fully saturated rings. The van der Waals surface area contributed by atoms with Crippen LogP contribution in [0.2, 0.25) is 0 Å². The van der Waals surface area contributed by atoms with Crippen LogP contribution in [0.25, 0.3) is 16.5 Å². The van der Waals surface area contributed by atoms with Gasteiger partial charge in [0.05, 0.1) is 5.52 Å². The van der Waals surface area contributed by atoms with Gasteiger partial charge in [-0.2, -0.15) is 0 Å². The van der Waals surface area contributed by atoms with Crippen LogP contribution in [0.1, 0.15) is 24.8 Å². The maximum atomic E-state index is 4.64. The van der Waals surface area contributed by atoms with Crippen LogP contribution in [0.4, 0.5) is 0 Å². The van der Waals surface area contributed by atoms with Crippen molar-refractivity contribution in [1.82, 2.24) is 9.88 Å². The Bertz CT molecular complexity index is 716. The zero-order valence-corrected chi connectivity index (χ0v) is 12.8. The molecule has 0 spiro atoms. The average Bonchev–Trinajstić information content (AvgIpc) is 3.03. The molecule has 2 aliphatic rings. The molecular weight excluding hydrogens is 256 g/mol. The van der Waals surface area contributed by atoms with Crippen molar-refractivity contribution in [2.75, 3.05) is 20.6 Å². The molecule has 2 nitrogen and oxygen atoms in total. The summed E-state index contributed by atoms with van der Waals surface area (Å²) in [5, 5.41) is 1.25. The summed E-state index contributed by atoms with van der Waals surface area (Å²) >= 11 is 0. The summed E-state index contributed by atoms with van der Waals surface area (Å²) in [5.74, 6) is 0.743. The van der Waals surface area contributed by atoms with Gasteiger partial charge in [0, 0.05) is 23.5 Å². The molecule has 1 aromatic heterocycles. The highest BCUT2D eigenvalue weighted by Crippen LogP contribution is 2.55. The highest BCUT2D eigenvalue weighted by atomic mass is 15.1. The van der Waals surface area contributed by atoms with E-state index in [-0.39, 0.29) is 0 Å². The van der Waals surface area contributed by atoms with Gasteiger partial charge in [-0.1, -0.05) is 24.3 Å². The number of rotatable bonds is 3. The first kappa shape index (κ1) is 13.0. The first-order chi connectivity index (χ1) is 10.2. The van der Waals surface area contributed by atoms with E-state index < -0.39 is 0 Å². The SMILES string of the molecule is CN(C)CC12C=C(c3cnc4ccccc4c3)C(CC1)C2. The summed E-state index contributed by atoms with van der Waals surface area (Å²) in [5.41, 5.74) is 4.38. The molecule has 0 amide bonds. The van der Waals surface area contributed by atoms with Crippen LogP contribution < -0.4 is 0 Å². The topological polar surface area (TPSA) is 16.1 Å². The summed E-state index contributed by atoms with van der Waals surface area (Å²) < 4.78 is 0. The van der Waals surface area contributed by atoms with E-state index in [1.165, 1.54) is 36.8 Å². The van der Waals surface area contributed by atoms with Gasteiger partial charge < -0.3 is 4.90 Å². The number of nitrogens with zero attached hydrogens (tertiary/aromatic N) is 2. The molecule has 2 aliphatic carbocycles. The predicted molar refractivity (Wildman–Crippen MR) is 88.0 cm³/mol. The second-order valence-corrected chi connectivity index (χ2v) is 7.06. The highest BCUT2D eigenvalue weighted by molar-refractivity contribution is 5.83. The van der Waals surface area contributed by atoms with Gasteiger partial charge in [0.1, 0.15) is 0 Å². The molecule has 1 heterocycles. The number of pyridine rings is 1. The number of allylic oxidation sites excluding steroid dienone is 1. The van der Waals surface area contributed by atoms with Crippen LogP contribution in [-0.4, -0.2) is 30.5 Å². The standard InChI is InChI=1S/C19H22N2/c1-21(2)13-19-8-7-15(10-19)17(11-19)16-9-14-5-3-4-6-18(14)20-12-16/h3-6,9,11-12,15H,7-8,10,13H2,1-2H3. The molecule has 0 aliphatic heterocycles. The third-order valence-corrected chi connectivity index (χ3v) is 5.10. The summed E-state index contributed by atoms with van der Waals surface area (Å²) in [4.78, 5) is 6.98. The van der Waals surface area contributed by atoms with Crippen LogP contribution in [0, 0.1) is 11.3 Å². The maximum Gasteiger partial charge on any atom is 0.0702 e. The normalized spacial score (nSPS) is 27.6. The van der Waals surface area contributed by atoms with E-state index in [9.17, 15) is 0 Å². The van der Waals surface area contributed by atoms with Crippen molar-refractivity contribution >= 4 is 16.5 Å². The molecule has 2 atom stereocenters. The van der Waals surface area contributed by atoms with Gasteiger partial charge >= 0.3 is 0 Å². The lowest BCUT2D eigenvalue weighted by atomic mass is 9.85. The summed E-state index contributed by atoms with van der Waals surface area (Å²) in [6.07, 6.45) is 8.64. The first-order valence-electron chi connectivity index (χ1n) is 7.88. The molecule has 0 radical (unpaired) electrons. The second kappa shape index (κ2) is 4.67. The van der Waals surface area contributed by atoms with E-state index in [0.29, 0.717) is 5.41 Å². The zero-order valence-electron chi connectivity index (χ0n) is 12.8. The Morgan fingerprint density at radius 2 is 2.14 bits per heavy atom. The summed E-state index contributed by atoms with van der Waals surface area (Å²) in [6, 6.07) is 10.7. The number of hydrogen-bond acceptors (Lipinski definition) is 2. The van der Waals surface area contributed by atoms with Crippen molar-refractivity contribution in [1.29, 1.82) is 0 Å². The molecule has 21 heavy (non-hydrogen) atoms. The van der Waals surface area contributed by atoms with Gasteiger partial charge in [-0.25, -0.2) is 0 Å². The quantitative estimate of drug-likeness (QED) is 0.844. The Morgan fingerprint density at radius 3 is 3.00 bits per heavy atom. The average molecular weight is 278 g/mol. The largest absolute Gasteiger partial charge is 0.309 e. The lowest BCUT2D eigenvalue weighted by Gasteiger charge is -2.27. The molecular formula is C19H22N2. The molecule has 2 unspecified atom stereocenters. The fraction of sp³-hybridized carbons (Fsp3) is 0.421. The highest BCUT2D eigenvalue weighted by Gasteiger charge is 2.45. The molecule has 0 N–H and O–H groups in total. The first-order valence-corrected chi connectivity index (χ1v) is 7.88. The van der Waals surface area contributed by atoms with Gasteiger partial charge in [0.2, 0.25) is 0 Å². The number of hydrogen-bond donors (Lipinski definition) is 0. The predicted octanol–water partition coefficient (Wildman–Crippen LogP) is 3.98. The van der Waals surface area contributed by atoms with Crippen molar-refractivity contribution in [3.8, 4) is 0 Å². The minimum absolute atomic E-state index is 0.412. The fourth-order valence-corrected chi connectivity index (χ4v) is 4.37. The van der Waals surface area contributed by atoms with E-state index in [0.717, 1.165) is 11.4 Å². The molecule has 1 saturated carbocycles. The van der Waals surface area contributed by atoms with E-state index in [1.54, 1.807) is 5.57 Å². The van der Waals surface area contributed by atoms with Gasteiger partial charge in [-0.15, -0.1) is 0 Å². The Hall–Kier alpha value is -1.67. The Labute approximate surface area is 126 Å². The minimum atomic E-state index is 0.412. The smallest absolute Gasteiger partial charge is 0.0702 e. The lowest BCUT2D eigenvalue weighted by Crippen LogP contribution is -2.28. The third kappa shape index (κ3) is 2.18. The molecule has 0 saturated heterocycles. The van der Waals surface area contributed by atoms with Crippen LogP contribution in [0.3, 0.4) is 0 Å². The molecule has 2 bridgehead atoms. The summed E-state index contributed by atoms with van der Waals surface area (Å²) in [6.45, 7) is 1.17. The van der Waals surface area contributed by atoms with Crippen molar-refractivity contribution in [2.45, 2.75) is 19.3 Å². The van der Waals surface area contributed by atoms with E-state index in [1.807, 2.05) is 0 Å². The number of fused-ring (bicyclic) bond motifs is 3.